The third-order valence-corrected chi connectivity index (χ3v) is 7.67. The minimum atomic E-state index is -3.76. The Morgan fingerprint density at radius 3 is 2.34 bits per heavy atom. The second-order valence-electron chi connectivity index (χ2n) is 7.43. The van der Waals surface area contributed by atoms with Crippen molar-refractivity contribution in [1.29, 1.82) is 0 Å². The quantitative estimate of drug-likeness (QED) is 0.439. The Morgan fingerprint density at radius 2 is 1.69 bits per heavy atom. The molecule has 1 heterocycles. The third kappa shape index (κ3) is 4.48. The highest BCUT2D eigenvalue weighted by Crippen LogP contribution is 2.23. The number of halogens is 1. The number of amides is 1. The second-order valence-corrected chi connectivity index (χ2v) is 10.6. The molecule has 1 N–H and O–H groups in total. The molecule has 1 amide bonds. The number of hydrogen-bond donors (Lipinski definition) is 1. The average molecular weight is 486 g/mol. The van der Waals surface area contributed by atoms with E-state index in [1.807, 2.05) is 25.5 Å². The summed E-state index contributed by atoms with van der Waals surface area (Å²) in [5.41, 5.74) is 4.05. The topological polar surface area (TPSA) is 80.5 Å². The van der Waals surface area contributed by atoms with Crippen molar-refractivity contribution in [2.24, 2.45) is 12.0 Å². The van der Waals surface area contributed by atoms with Gasteiger partial charge in [-0.1, -0.05) is 29.0 Å². The number of nitrogens with one attached hydrogen (secondary N) is 1. The Balaban J connectivity index is 1.59. The summed E-state index contributed by atoms with van der Waals surface area (Å²) in [6, 6.07) is 16.2. The van der Waals surface area contributed by atoms with Crippen molar-refractivity contribution in [2.45, 2.75) is 18.7 Å². The van der Waals surface area contributed by atoms with Crippen LogP contribution in [0.25, 0.3) is 10.2 Å². The van der Waals surface area contributed by atoms with Gasteiger partial charge < -0.3 is 4.57 Å². The van der Waals surface area contributed by atoms with Gasteiger partial charge in [0, 0.05) is 23.3 Å². The molecule has 0 aliphatic rings. The lowest BCUT2D eigenvalue weighted by Gasteiger charge is -2.08. The summed E-state index contributed by atoms with van der Waals surface area (Å²) >= 11 is 7.28. The number of nitrogens with zero attached hydrogens (tertiary/aromatic N) is 2. The van der Waals surface area contributed by atoms with Gasteiger partial charge in [0.2, 0.25) is 0 Å². The predicted molar refractivity (Wildman–Crippen MR) is 129 cm³/mol. The van der Waals surface area contributed by atoms with Crippen LogP contribution in [0.4, 0.5) is 5.69 Å². The van der Waals surface area contributed by atoms with Crippen molar-refractivity contribution in [2.75, 3.05) is 4.72 Å². The molecule has 0 atom stereocenters. The maximum Gasteiger partial charge on any atom is 0.279 e. The molecule has 0 radical (unpaired) electrons. The van der Waals surface area contributed by atoms with Crippen LogP contribution in [0.15, 0.2) is 70.6 Å². The molecule has 164 valence electrons. The average Bonchev–Trinajstić information content (AvgIpc) is 3.03. The minimum absolute atomic E-state index is 0.0971. The van der Waals surface area contributed by atoms with Gasteiger partial charge in [-0.2, -0.15) is 4.99 Å². The van der Waals surface area contributed by atoms with Gasteiger partial charge in [-0.05, 0) is 79.6 Å². The summed E-state index contributed by atoms with van der Waals surface area (Å²) in [6.07, 6.45) is 0. The van der Waals surface area contributed by atoms with Gasteiger partial charge in [0.25, 0.3) is 15.9 Å². The summed E-state index contributed by atoms with van der Waals surface area (Å²) in [6.45, 7) is 4.08. The number of hydrogen-bond acceptors (Lipinski definition) is 4. The van der Waals surface area contributed by atoms with Crippen LogP contribution in [0.2, 0.25) is 5.02 Å². The van der Waals surface area contributed by atoms with E-state index in [-0.39, 0.29) is 4.90 Å². The molecule has 0 spiro atoms. The van der Waals surface area contributed by atoms with E-state index in [1.165, 1.54) is 47.7 Å². The number of benzene rings is 3. The van der Waals surface area contributed by atoms with Crippen molar-refractivity contribution in [1.82, 2.24) is 4.57 Å². The SMILES string of the molecule is Cc1cc(C)c2c(c1)sc(=NC(=O)c1ccc(NS(=O)(=O)c3ccc(Cl)cc3)cc1)n2C. The molecule has 1 aromatic heterocycles. The van der Waals surface area contributed by atoms with E-state index in [4.69, 9.17) is 11.6 Å². The molecule has 4 aromatic rings. The minimum Gasteiger partial charge on any atom is -0.319 e. The molecule has 0 saturated heterocycles. The predicted octanol–water partition coefficient (Wildman–Crippen LogP) is 5.05. The van der Waals surface area contributed by atoms with Crippen LogP contribution in [0.5, 0.6) is 0 Å². The first kappa shape index (κ1) is 22.3. The zero-order chi connectivity index (χ0) is 23.0. The van der Waals surface area contributed by atoms with E-state index in [2.05, 4.69) is 21.8 Å². The Bertz CT molecular complexity index is 1500. The van der Waals surface area contributed by atoms with Crippen molar-refractivity contribution in [3.63, 3.8) is 0 Å². The first-order valence-electron chi connectivity index (χ1n) is 9.68. The van der Waals surface area contributed by atoms with E-state index < -0.39 is 15.9 Å². The summed E-state index contributed by atoms with van der Waals surface area (Å²) in [5.74, 6) is -0.395. The van der Waals surface area contributed by atoms with E-state index in [0.717, 1.165) is 21.3 Å². The number of aromatic nitrogens is 1. The lowest BCUT2D eigenvalue weighted by atomic mass is 10.1. The first-order chi connectivity index (χ1) is 15.1. The van der Waals surface area contributed by atoms with Crippen molar-refractivity contribution < 1.29 is 13.2 Å². The second kappa shape index (κ2) is 8.54. The Morgan fingerprint density at radius 1 is 1.03 bits per heavy atom. The molecule has 4 rings (SSSR count). The summed E-state index contributed by atoms with van der Waals surface area (Å²) < 4.78 is 30.5. The molecule has 0 bridgehead atoms. The number of carbonyl (C=O) groups is 1. The van der Waals surface area contributed by atoms with Gasteiger partial charge >= 0.3 is 0 Å². The number of sulfonamides is 1. The highest BCUT2D eigenvalue weighted by atomic mass is 35.5. The van der Waals surface area contributed by atoms with Gasteiger partial charge in [-0.3, -0.25) is 9.52 Å². The van der Waals surface area contributed by atoms with Crippen LogP contribution in [-0.4, -0.2) is 18.9 Å². The van der Waals surface area contributed by atoms with E-state index in [1.54, 1.807) is 12.1 Å². The van der Waals surface area contributed by atoms with Crippen molar-refractivity contribution in [3.05, 3.63) is 87.2 Å². The van der Waals surface area contributed by atoms with Gasteiger partial charge in [0.15, 0.2) is 4.80 Å². The monoisotopic (exact) mass is 485 g/mol. The number of fused-ring (bicyclic) bond motifs is 1. The van der Waals surface area contributed by atoms with E-state index in [0.29, 0.717) is 21.1 Å². The number of thiazole rings is 1. The normalized spacial score (nSPS) is 12.3. The van der Waals surface area contributed by atoms with Gasteiger partial charge in [0.1, 0.15) is 0 Å². The van der Waals surface area contributed by atoms with Crippen LogP contribution in [0, 0.1) is 13.8 Å². The first-order valence-corrected chi connectivity index (χ1v) is 12.4. The molecule has 6 nitrogen and oxygen atoms in total. The fourth-order valence-electron chi connectivity index (χ4n) is 3.45. The maximum atomic E-state index is 12.7. The van der Waals surface area contributed by atoms with Crippen LogP contribution < -0.4 is 9.52 Å². The molecule has 0 saturated carbocycles. The molecule has 0 aliphatic carbocycles. The van der Waals surface area contributed by atoms with Gasteiger partial charge in [-0.15, -0.1) is 0 Å². The van der Waals surface area contributed by atoms with Crippen molar-refractivity contribution in [3.8, 4) is 0 Å². The lowest BCUT2D eigenvalue weighted by Crippen LogP contribution is -2.14. The summed E-state index contributed by atoms with van der Waals surface area (Å²) in [5, 5.41) is 0.452. The highest BCUT2D eigenvalue weighted by molar-refractivity contribution is 7.92. The van der Waals surface area contributed by atoms with Gasteiger partial charge in [-0.25, -0.2) is 8.42 Å². The molecule has 3 aromatic carbocycles. The molecule has 0 fully saturated rings. The van der Waals surface area contributed by atoms with Crippen LogP contribution in [-0.2, 0) is 17.1 Å². The zero-order valence-corrected chi connectivity index (χ0v) is 20.0. The van der Waals surface area contributed by atoms with Crippen molar-refractivity contribution >= 4 is 54.8 Å². The standard InChI is InChI=1S/C23H20ClN3O3S2/c1-14-12-15(2)21-20(13-14)31-23(27(21)3)25-22(28)16-4-8-18(9-5-16)26-32(29,30)19-10-6-17(24)7-11-19/h4-13,26H,1-3H3. The molecular formula is C23H20ClN3O3S2. The number of rotatable bonds is 4. The van der Waals surface area contributed by atoms with E-state index in [9.17, 15) is 13.2 Å². The maximum absolute atomic E-state index is 12.7. The van der Waals surface area contributed by atoms with Crippen LogP contribution >= 0.6 is 22.9 Å². The smallest absolute Gasteiger partial charge is 0.279 e. The number of carbonyl (C=O) groups excluding carboxylic acids is 1. The molecule has 0 aliphatic heterocycles. The van der Waals surface area contributed by atoms with Crippen LogP contribution in [0.3, 0.4) is 0 Å². The Labute approximate surface area is 194 Å². The Kier molecular flexibility index (Phi) is 5.94. The third-order valence-electron chi connectivity index (χ3n) is 4.94. The van der Waals surface area contributed by atoms with Crippen LogP contribution in [0.1, 0.15) is 21.5 Å². The zero-order valence-electron chi connectivity index (χ0n) is 17.6. The molecule has 32 heavy (non-hydrogen) atoms. The fraction of sp³-hybridized carbons (Fsp3) is 0.130. The highest BCUT2D eigenvalue weighted by Gasteiger charge is 2.15. The molecule has 0 unspecified atom stereocenters. The molecular weight excluding hydrogens is 466 g/mol. The molecule has 9 heteroatoms. The summed E-state index contributed by atoms with van der Waals surface area (Å²) in [7, 11) is -1.87. The fourth-order valence-corrected chi connectivity index (χ4v) is 5.83. The number of anilines is 1. The largest absolute Gasteiger partial charge is 0.319 e. The van der Waals surface area contributed by atoms with E-state index >= 15 is 0 Å². The lowest BCUT2D eigenvalue weighted by molar-refractivity contribution is 0.0998. The number of aryl methyl sites for hydroxylation is 3. The summed E-state index contributed by atoms with van der Waals surface area (Å²) in [4.78, 5) is 17.7. The Hall–Kier alpha value is -2.94. The van der Waals surface area contributed by atoms with Gasteiger partial charge in [0.05, 0.1) is 15.1 Å².